The predicted octanol–water partition coefficient (Wildman–Crippen LogP) is 1.94. The third-order valence-electron chi connectivity index (χ3n) is 1.33. The lowest BCUT2D eigenvalue weighted by Crippen LogP contribution is -1.73. The Morgan fingerprint density at radius 3 is 3.00 bits per heavy atom. The second kappa shape index (κ2) is 5.21. The first-order valence-corrected chi connectivity index (χ1v) is 4.27. The van der Waals surface area contributed by atoms with Gasteiger partial charge in [-0.15, -0.1) is 0 Å². The lowest BCUT2D eigenvalue weighted by molar-refractivity contribution is 0.565. The number of rotatable bonds is 1. The number of aliphatic imine (C=N–C) groups is 1. The molecular formula is C10H7NOS. The molecule has 0 saturated carbocycles. The van der Waals surface area contributed by atoms with Crippen LogP contribution in [0.2, 0.25) is 0 Å². The molecule has 0 bridgehead atoms. The highest BCUT2D eigenvalue weighted by Crippen LogP contribution is 2.11. The monoisotopic (exact) mass is 189 g/mol. The zero-order valence-electron chi connectivity index (χ0n) is 6.82. The number of thiol groups is 1. The summed E-state index contributed by atoms with van der Waals surface area (Å²) in [5.74, 6) is 6.20. The molecular weight excluding hydrogens is 182 g/mol. The fourth-order valence-corrected chi connectivity index (χ4v) is 0.927. The summed E-state index contributed by atoms with van der Waals surface area (Å²) in [5, 5.41) is 0. The highest BCUT2D eigenvalue weighted by molar-refractivity contribution is 7.80. The van der Waals surface area contributed by atoms with E-state index in [0.29, 0.717) is 11.4 Å². The van der Waals surface area contributed by atoms with Crippen molar-refractivity contribution in [3.63, 3.8) is 0 Å². The molecule has 1 rings (SSSR count). The van der Waals surface area contributed by atoms with Crippen molar-refractivity contribution in [3.8, 4) is 11.8 Å². The minimum absolute atomic E-state index is 0.515. The van der Waals surface area contributed by atoms with Crippen LogP contribution in [0.1, 0.15) is 5.56 Å². The Morgan fingerprint density at radius 2 is 2.31 bits per heavy atom. The molecule has 0 fully saturated rings. The Kier molecular flexibility index (Phi) is 3.84. The van der Waals surface area contributed by atoms with Gasteiger partial charge in [-0.1, -0.05) is 17.9 Å². The molecule has 3 heteroatoms. The zero-order chi connectivity index (χ0) is 9.52. The average Bonchev–Trinajstić information content (AvgIpc) is 2.16. The number of benzene rings is 1. The minimum Gasteiger partial charge on any atom is -0.211 e. The Morgan fingerprint density at radius 1 is 1.46 bits per heavy atom. The van der Waals surface area contributed by atoms with E-state index < -0.39 is 0 Å². The topological polar surface area (TPSA) is 29.4 Å². The molecule has 0 amide bonds. The molecule has 0 heterocycles. The van der Waals surface area contributed by atoms with Gasteiger partial charge in [-0.25, -0.2) is 4.79 Å². The Bertz CT molecular complexity index is 397. The molecule has 0 aromatic heterocycles. The van der Waals surface area contributed by atoms with Gasteiger partial charge in [0.15, 0.2) is 0 Å². The smallest absolute Gasteiger partial charge is 0.211 e. The number of isocyanates is 1. The van der Waals surface area contributed by atoms with Gasteiger partial charge in [0.25, 0.3) is 0 Å². The van der Waals surface area contributed by atoms with Crippen molar-refractivity contribution in [1.29, 1.82) is 0 Å². The number of carbonyl (C=O) groups excluding carboxylic acids is 1. The van der Waals surface area contributed by atoms with E-state index in [0.717, 1.165) is 5.56 Å². The summed E-state index contributed by atoms with van der Waals surface area (Å²) in [4.78, 5) is 13.4. The molecule has 0 N–H and O–H groups in total. The van der Waals surface area contributed by atoms with Crippen LogP contribution in [0.4, 0.5) is 5.69 Å². The first kappa shape index (κ1) is 9.60. The van der Waals surface area contributed by atoms with Crippen LogP contribution in [-0.4, -0.2) is 11.8 Å². The predicted molar refractivity (Wildman–Crippen MR) is 55.0 cm³/mol. The third-order valence-corrected chi connectivity index (χ3v) is 1.49. The molecule has 0 unspecified atom stereocenters. The quantitative estimate of drug-likeness (QED) is 0.311. The molecule has 1 aromatic carbocycles. The van der Waals surface area contributed by atoms with Crippen LogP contribution >= 0.6 is 12.6 Å². The van der Waals surface area contributed by atoms with E-state index in [1.54, 1.807) is 18.2 Å². The lowest BCUT2D eigenvalue weighted by Gasteiger charge is -1.90. The van der Waals surface area contributed by atoms with Gasteiger partial charge in [-0.3, -0.25) is 0 Å². The first-order valence-electron chi connectivity index (χ1n) is 3.64. The van der Waals surface area contributed by atoms with Crippen molar-refractivity contribution in [2.24, 2.45) is 4.99 Å². The second-order valence-electron chi connectivity index (χ2n) is 2.21. The summed E-state index contributed by atoms with van der Waals surface area (Å²) in [5.41, 5.74) is 1.39. The normalized spacial score (nSPS) is 8.08. The van der Waals surface area contributed by atoms with Gasteiger partial charge in [0.05, 0.1) is 11.4 Å². The molecule has 0 spiro atoms. The van der Waals surface area contributed by atoms with Gasteiger partial charge in [0.2, 0.25) is 6.08 Å². The van der Waals surface area contributed by atoms with Gasteiger partial charge < -0.3 is 0 Å². The standard InChI is InChI=1S/C10H7NOS/c12-8-11-10-5-1-3-9(7-10)4-2-6-13/h1,3,5,7,13H,6H2. The van der Waals surface area contributed by atoms with E-state index in [2.05, 4.69) is 29.5 Å². The van der Waals surface area contributed by atoms with Crippen LogP contribution in [0.15, 0.2) is 29.3 Å². The second-order valence-corrected chi connectivity index (χ2v) is 2.53. The van der Waals surface area contributed by atoms with Gasteiger partial charge in [0, 0.05) is 5.56 Å². The van der Waals surface area contributed by atoms with Crippen molar-refractivity contribution in [3.05, 3.63) is 29.8 Å². The summed E-state index contributed by atoms with van der Waals surface area (Å²) in [6.07, 6.45) is 1.48. The maximum absolute atomic E-state index is 9.96. The van der Waals surface area contributed by atoms with Gasteiger partial charge in [-0.2, -0.15) is 17.6 Å². The summed E-state index contributed by atoms with van der Waals surface area (Å²) in [6.45, 7) is 0. The molecule has 1 aromatic rings. The summed E-state index contributed by atoms with van der Waals surface area (Å²) in [6, 6.07) is 7.08. The summed E-state index contributed by atoms with van der Waals surface area (Å²) in [7, 11) is 0. The molecule has 0 saturated heterocycles. The van der Waals surface area contributed by atoms with Crippen LogP contribution in [0.25, 0.3) is 0 Å². The number of hydrogen-bond acceptors (Lipinski definition) is 3. The van der Waals surface area contributed by atoms with Crippen molar-refractivity contribution in [2.75, 3.05) is 5.75 Å². The van der Waals surface area contributed by atoms with E-state index in [1.807, 2.05) is 6.07 Å². The Hall–Kier alpha value is -1.49. The SMILES string of the molecule is O=C=Nc1cccc(C#CCS)c1. The number of hydrogen-bond donors (Lipinski definition) is 1. The zero-order valence-corrected chi connectivity index (χ0v) is 7.71. The van der Waals surface area contributed by atoms with E-state index in [-0.39, 0.29) is 0 Å². The summed E-state index contributed by atoms with van der Waals surface area (Å²) < 4.78 is 0. The fraction of sp³-hybridized carbons (Fsp3) is 0.100. The van der Waals surface area contributed by atoms with Gasteiger partial charge in [-0.05, 0) is 18.2 Å². The largest absolute Gasteiger partial charge is 0.240 e. The lowest BCUT2D eigenvalue weighted by atomic mass is 10.2. The van der Waals surface area contributed by atoms with Crippen LogP contribution in [0, 0.1) is 11.8 Å². The van der Waals surface area contributed by atoms with Crippen molar-refractivity contribution in [1.82, 2.24) is 0 Å². The van der Waals surface area contributed by atoms with E-state index in [4.69, 9.17) is 0 Å². The maximum atomic E-state index is 9.96. The molecule has 0 aliphatic carbocycles. The Balaban J connectivity index is 2.98. The van der Waals surface area contributed by atoms with Crippen molar-refractivity contribution >= 4 is 24.4 Å². The van der Waals surface area contributed by atoms with Crippen LogP contribution in [0.5, 0.6) is 0 Å². The maximum Gasteiger partial charge on any atom is 0.240 e. The highest BCUT2D eigenvalue weighted by Gasteiger charge is 1.89. The van der Waals surface area contributed by atoms with Crippen LogP contribution in [-0.2, 0) is 4.79 Å². The average molecular weight is 189 g/mol. The van der Waals surface area contributed by atoms with Crippen LogP contribution in [0.3, 0.4) is 0 Å². The molecule has 0 atom stereocenters. The van der Waals surface area contributed by atoms with Crippen LogP contribution < -0.4 is 0 Å². The molecule has 0 aliphatic rings. The molecule has 2 nitrogen and oxygen atoms in total. The van der Waals surface area contributed by atoms with Gasteiger partial charge in [0.1, 0.15) is 0 Å². The highest BCUT2D eigenvalue weighted by atomic mass is 32.1. The number of nitrogens with zero attached hydrogens (tertiary/aromatic N) is 1. The van der Waals surface area contributed by atoms with E-state index in [9.17, 15) is 4.79 Å². The first-order chi connectivity index (χ1) is 6.36. The fourth-order valence-electron chi connectivity index (χ4n) is 0.848. The van der Waals surface area contributed by atoms with Crippen molar-refractivity contribution < 1.29 is 4.79 Å². The van der Waals surface area contributed by atoms with Crippen molar-refractivity contribution in [2.45, 2.75) is 0 Å². The Labute approximate surface area is 82.1 Å². The molecule has 0 aliphatic heterocycles. The minimum atomic E-state index is 0.515. The molecule has 64 valence electrons. The van der Waals surface area contributed by atoms with E-state index in [1.165, 1.54) is 6.08 Å². The van der Waals surface area contributed by atoms with Gasteiger partial charge >= 0.3 is 0 Å². The van der Waals surface area contributed by atoms with E-state index >= 15 is 0 Å². The summed E-state index contributed by atoms with van der Waals surface area (Å²) >= 11 is 3.96. The molecule has 0 radical (unpaired) electrons. The third kappa shape index (κ3) is 3.16. The molecule has 13 heavy (non-hydrogen) atoms.